The van der Waals surface area contributed by atoms with Crippen molar-refractivity contribution in [3.8, 4) is 0 Å². The predicted molar refractivity (Wildman–Crippen MR) is 58.9 cm³/mol. The van der Waals surface area contributed by atoms with E-state index in [1.807, 2.05) is 0 Å². The number of aliphatic hydroxyl groups is 3. The van der Waals surface area contributed by atoms with Crippen LogP contribution in [0.3, 0.4) is 0 Å². The van der Waals surface area contributed by atoms with Crippen molar-refractivity contribution in [2.75, 3.05) is 20.2 Å². The molecule has 106 valence electrons. The summed E-state index contributed by atoms with van der Waals surface area (Å²) in [4.78, 5) is 19.1. The predicted octanol–water partition coefficient (Wildman–Crippen LogP) is -3.40. The van der Waals surface area contributed by atoms with Crippen molar-refractivity contribution in [2.45, 2.75) is 6.29 Å². The van der Waals surface area contributed by atoms with Crippen LogP contribution in [-0.4, -0.2) is 64.0 Å². The SMILES string of the molecule is O=C(O)/C=C\C(=O)O.OCNC(NCO)NCO. The van der Waals surface area contributed by atoms with Gasteiger partial charge in [-0.1, -0.05) is 0 Å². The van der Waals surface area contributed by atoms with Gasteiger partial charge in [-0.05, 0) is 0 Å². The van der Waals surface area contributed by atoms with E-state index in [1.54, 1.807) is 0 Å². The van der Waals surface area contributed by atoms with E-state index in [1.165, 1.54) is 0 Å². The average molecular weight is 267 g/mol. The molecule has 0 aliphatic carbocycles. The first kappa shape index (κ1) is 18.8. The van der Waals surface area contributed by atoms with Crippen LogP contribution >= 0.6 is 0 Å². The summed E-state index contributed by atoms with van der Waals surface area (Å²) in [7, 11) is 0. The Morgan fingerprint density at radius 1 is 0.833 bits per heavy atom. The second-order valence-corrected chi connectivity index (χ2v) is 2.53. The van der Waals surface area contributed by atoms with Gasteiger partial charge in [-0.2, -0.15) is 0 Å². The average Bonchev–Trinajstić information content (AvgIpc) is 2.28. The zero-order valence-electron chi connectivity index (χ0n) is 9.41. The molecule has 10 nitrogen and oxygen atoms in total. The fourth-order valence-electron chi connectivity index (χ4n) is 0.633. The van der Waals surface area contributed by atoms with Gasteiger partial charge in [0.05, 0.1) is 20.2 Å². The van der Waals surface area contributed by atoms with Gasteiger partial charge in [0, 0.05) is 12.2 Å². The van der Waals surface area contributed by atoms with Crippen LogP contribution in [0.1, 0.15) is 0 Å². The molecule has 8 N–H and O–H groups in total. The van der Waals surface area contributed by atoms with Crippen LogP contribution in [-0.2, 0) is 9.59 Å². The van der Waals surface area contributed by atoms with Crippen molar-refractivity contribution < 1.29 is 35.1 Å². The summed E-state index contributed by atoms with van der Waals surface area (Å²) in [5.41, 5.74) is 0. The zero-order chi connectivity index (χ0) is 14.4. The van der Waals surface area contributed by atoms with Crippen molar-refractivity contribution in [1.29, 1.82) is 0 Å². The van der Waals surface area contributed by atoms with Crippen molar-refractivity contribution >= 4 is 11.9 Å². The van der Waals surface area contributed by atoms with Gasteiger partial charge in [-0.25, -0.2) is 9.59 Å². The molecule has 0 radical (unpaired) electrons. The van der Waals surface area contributed by atoms with E-state index < -0.39 is 18.2 Å². The molecule has 0 rings (SSSR count). The molecule has 0 aliphatic heterocycles. The summed E-state index contributed by atoms with van der Waals surface area (Å²) in [6.07, 6.45) is 0.644. The Labute approximate surface area is 103 Å². The summed E-state index contributed by atoms with van der Waals surface area (Å²) >= 11 is 0. The Morgan fingerprint density at radius 2 is 1.11 bits per heavy atom. The minimum absolute atomic E-state index is 0.231. The molecule has 0 aliphatic rings. The Hall–Kier alpha value is -1.56. The van der Waals surface area contributed by atoms with Crippen LogP contribution < -0.4 is 16.0 Å². The lowest BCUT2D eigenvalue weighted by atomic mass is 10.5. The number of carboxylic acids is 2. The van der Waals surface area contributed by atoms with E-state index in [0.717, 1.165) is 0 Å². The minimum atomic E-state index is -1.26. The highest BCUT2D eigenvalue weighted by atomic mass is 16.4. The van der Waals surface area contributed by atoms with Gasteiger partial charge in [0.2, 0.25) is 0 Å². The van der Waals surface area contributed by atoms with E-state index in [4.69, 9.17) is 25.5 Å². The van der Waals surface area contributed by atoms with E-state index in [-0.39, 0.29) is 20.2 Å². The quantitative estimate of drug-likeness (QED) is 0.164. The highest BCUT2D eigenvalue weighted by Crippen LogP contribution is 1.70. The van der Waals surface area contributed by atoms with Gasteiger partial charge in [0.1, 0.15) is 6.29 Å². The van der Waals surface area contributed by atoms with Gasteiger partial charge in [-0.3, -0.25) is 16.0 Å². The van der Waals surface area contributed by atoms with Crippen LogP contribution in [0, 0.1) is 0 Å². The fraction of sp³-hybridized carbons (Fsp3) is 0.500. The zero-order valence-corrected chi connectivity index (χ0v) is 9.41. The summed E-state index contributed by atoms with van der Waals surface area (Å²) in [5, 5.41) is 48.1. The topological polar surface area (TPSA) is 171 Å². The molecule has 0 aromatic heterocycles. The van der Waals surface area contributed by atoms with Crippen LogP contribution in [0.5, 0.6) is 0 Å². The second kappa shape index (κ2) is 13.5. The first-order chi connectivity index (χ1) is 8.47. The first-order valence-corrected chi connectivity index (χ1v) is 4.64. The van der Waals surface area contributed by atoms with Gasteiger partial charge >= 0.3 is 11.9 Å². The second-order valence-electron chi connectivity index (χ2n) is 2.53. The molecule has 10 heteroatoms. The van der Waals surface area contributed by atoms with Crippen LogP contribution in [0.4, 0.5) is 0 Å². The number of carbonyl (C=O) groups is 2. The number of aliphatic carboxylic acids is 2. The summed E-state index contributed by atoms with van der Waals surface area (Å²) in [6.45, 7) is -0.694. The number of aliphatic hydroxyl groups excluding tert-OH is 3. The van der Waals surface area contributed by atoms with Crippen LogP contribution in [0.25, 0.3) is 0 Å². The molecule has 0 saturated carbocycles. The number of rotatable bonds is 8. The summed E-state index contributed by atoms with van der Waals surface area (Å²) < 4.78 is 0. The smallest absolute Gasteiger partial charge is 0.328 e. The normalized spacial score (nSPS) is 10.2. The largest absolute Gasteiger partial charge is 0.478 e. The van der Waals surface area contributed by atoms with Gasteiger partial charge < -0.3 is 25.5 Å². The minimum Gasteiger partial charge on any atom is -0.478 e. The Bertz CT molecular complexity index is 229. The molecule has 0 atom stereocenters. The molecule has 0 fully saturated rings. The van der Waals surface area contributed by atoms with Crippen molar-refractivity contribution in [3.63, 3.8) is 0 Å². The Morgan fingerprint density at radius 3 is 1.28 bits per heavy atom. The molecule has 0 bridgehead atoms. The number of nitrogens with one attached hydrogen (secondary N) is 3. The molecular weight excluding hydrogens is 250 g/mol. The Balaban J connectivity index is 0. The molecule has 0 unspecified atom stereocenters. The molecule has 18 heavy (non-hydrogen) atoms. The molecule has 0 spiro atoms. The molecule has 0 saturated heterocycles. The lowest BCUT2D eigenvalue weighted by molar-refractivity contribution is -0.134. The third kappa shape index (κ3) is 16.9. The molecule has 0 aromatic rings. The van der Waals surface area contributed by atoms with Crippen molar-refractivity contribution in [3.05, 3.63) is 12.2 Å². The maximum absolute atomic E-state index is 9.55. The third-order valence-corrected chi connectivity index (χ3v) is 1.25. The van der Waals surface area contributed by atoms with Gasteiger partial charge in [0.25, 0.3) is 0 Å². The fourth-order valence-corrected chi connectivity index (χ4v) is 0.633. The monoisotopic (exact) mass is 267 g/mol. The number of carboxylic acid groups (broad SMARTS) is 2. The van der Waals surface area contributed by atoms with Crippen LogP contribution in [0.2, 0.25) is 0 Å². The van der Waals surface area contributed by atoms with E-state index >= 15 is 0 Å². The van der Waals surface area contributed by atoms with Gasteiger partial charge in [0.15, 0.2) is 0 Å². The third-order valence-electron chi connectivity index (χ3n) is 1.25. The summed E-state index contributed by atoms with van der Waals surface area (Å²) in [5.74, 6) is -2.51. The van der Waals surface area contributed by atoms with Crippen LogP contribution in [0.15, 0.2) is 12.2 Å². The Kier molecular flexibility index (Phi) is 14.1. The molecule has 0 amide bonds. The molecule has 0 heterocycles. The number of hydrogen-bond acceptors (Lipinski definition) is 8. The van der Waals surface area contributed by atoms with E-state index in [0.29, 0.717) is 12.2 Å². The van der Waals surface area contributed by atoms with Crippen molar-refractivity contribution in [1.82, 2.24) is 16.0 Å². The number of hydrogen-bond donors (Lipinski definition) is 8. The lowest BCUT2D eigenvalue weighted by Gasteiger charge is -2.17. The molecule has 0 aromatic carbocycles. The highest BCUT2D eigenvalue weighted by Gasteiger charge is 2.00. The van der Waals surface area contributed by atoms with Gasteiger partial charge in [-0.15, -0.1) is 0 Å². The lowest BCUT2D eigenvalue weighted by Crippen LogP contribution is -2.53. The van der Waals surface area contributed by atoms with E-state index in [9.17, 15) is 9.59 Å². The maximum atomic E-state index is 9.55. The summed E-state index contributed by atoms with van der Waals surface area (Å²) in [6, 6.07) is 0. The highest BCUT2D eigenvalue weighted by molar-refractivity contribution is 5.89. The first-order valence-electron chi connectivity index (χ1n) is 4.64. The standard InChI is InChI=1S/C4H13N3O3.C4H4O4/c8-1-5-4(6-2-9)7-3-10;5-3(6)1-2-4(7)8/h4-10H,1-3H2;1-2H,(H,5,6)(H,7,8)/b;2-1-. The maximum Gasteiger partial charge on any atom is 0.328 e. The van der Waals surface area contributed by atoms with Crippen molar-refractivity contribution in [2.24, 2.45) is 0 Å². The van der Waals surface area contributed by atoms with E-state index in [2.05, 4.69) is 16.0 Å². The molecular formula is C8H17N3O7.